The van der Waals surface area contributed by atoms with Crippen molar-refractivity contribution in [1.82, 2.24) is 0 Å². The zero-order valence-electron chi connectivity index (χ0n) is 10.8. The molecular weight excluding hydrogens is 224 g/mol. The molecule has 94 valence electrons. The van der Waals surface area contributed by atoms with Crippen LogP contribution in [0.5, 0.6) is 0 Å². The van der Waals surface area contributed by atoms with Gasteiger partial charge in [-0.2, -0.15) is 0 Å². The number of methoxy groups -OCH3 is 2. The van der Waals surface area contributed by atoms with Crippen LogP contribution < -0.4 is 0 Å². The summed E-state index contributed by atoms with van der Waals surface area (Å²) < 4.78 is 10.7. The number of benzene rings is 1. The van der Waals surface area contributed by atoms with E-state index < -0.39 is 5.79 Å². The van der Waals surface area contributed by atoms with Gasteiger partial charge in [0.1, 0.15) is 0 Å². The Morgan fingerprint density at radius 1 is 1.06 bits per heavy atom. The molecule has 0 amide bonds. The van der Waals surface area contributed by atoms with Gasteiger partial charge in [-0.3, -0.25) is 0 Å². The van der Waals surface area contributed by atoms with Crippen LogP contribution in [0.15, 0.2) is 60.2 Å². The van der Waals surface area contributed by atoms with Crippen LogP contribution in [0.2, 0.25) is 0 Å². The van der Waals surface area contributed by atoms with Crippen molar-refractivity contribution in [3.63, 3.8) is 0 Å². The highest BCUT2D eigenvalue weighted by atomic mass is 16.7. The van der Waals surface area contributed by atoms with Crippen molar-refractivity contribution in [1.29, 1.82) is 0 Å². The number of hydrogen-bond acceptors (Lipinski definition) is 2. The summed E-state index contributed by atoms with van der Waals surface area (Å²) >= 11 is 0. The molecule has 0 heterocycles. The second kappa shape index (κ2) is 5.80. The molecule has 0 aromatic heterocycles. The molecule has 1 aromatic rings. The topological polar surface area (TPSA) is 18.5 Å². The molecule has 1 aliphatic rings. The quantitative estimate of drug-likeness (QED) is 0.751. The SMILES string of the molecule is COC1(OC)C=CC(/C=C/c2ccccc2)=CC1. The Hall–Kier alpha value is -1.64. The van der Waals surface area contributed by atoms with Gasteiger partial charge in [0.15, 0.2) is 5.79 Å². The molecule has 0 saturated heterocycles. The first kappa shape index (κ1) is 12.8. The maximum Gasteiger partial charge on any atom is 0.190 e. The largest absolute Gasteiger partial charge is 0.349 e. The van der Waals surface area contributed by atoms with E-state index in [9.17, 15) is 0 Å². The van der Waals surface area contributed by atoms with E-state index in [1.807, 2.05) is 30.4 Å². The second-order valence-electron chi connectivity index (χ2n) is 4.21. The summed E-state index contributed by atoms with van der Waals surface area (Å²) in [5.41, 5.74) is 2.37. The van der Waals surface area contributed by atoms with Crippen molar-refractivity contribution in [2.45, 2.75) is 12.2 Å². The Kier molecular flexibility index (Phi) is 4.13. The van der Waals surface area contributed by atoms with Crippen molar-refractivity contribution in [2.24, 2.45) is 0 Å². The lowest BCUT2D eigenvalue weighted by Gasteiger charge is -2.28. The lowest BCUT2D eigenvalue weighted by molar-refractivity contribution is -0.167. The molecule has 0 aliphatic heterocycles. The Morgan fingerprint density at radius 3 is 2.33 bits per heavy atom. The molecular formula is C16H18O2. The Balaban J connectivity index is 2.04. The molecule has 0 spiro atoms. The molecule has 2 rings (SSSR count). The van der Waals surface area contributed by atoms with E-state index in [-0.39, 0.29) is 0 Å². The summed E-state index contributed by atoms with van der Waals surface area (Å²) in [7, 11) is 3.32. The molecule has 2 heteroatoms. The van der Waals surface area contributed by atoms with E-state index in [2.05, 4.69) is 30.4 Å². The fourth-order valence-corrected chi connectivity index (χ4v) is 1.89. The third-order valence-electron chi connectivity index (χ3n) is 3.11. The van der Waals surface area contributed by atoms with Crippen LogP contribution in [0, 0.1) is 0 Å². The second-order valence-corrected chi connectivity index (χ2v) is 4.21. The molecule has 18 heavy (non-hydrogen) atoms. The summed E-state index contributed by atoms with van der Waals surface area (Å²) in [5.74, 6) is -0.593. The average Bonchev–Trinajstić information content (AvgIpc) is 2.47. The monoisotopic (exact) mass is 242 g/mol. The average molecular weight is 242 g/mol. The van der Waals surface area contributed by atoms with Gasteiger partial charge in [0, 0.05) is 20.6 Å². The molecule has 0 atom stereocenters. The van der Waals surface area contributed by atoms with Crippen molar-refractivity contribution < 1.29 is 9.47 Å². The molecule has 1 aromatic carbocycles. The third kappa shape index (κ3) is 2.97. The van der Waals surface area contributed by atoms with Crippen LogP contribution in [-0.4, -0.2) is 20.0 Å². The van der Waals surface area contributed by atoms with E-state index >= 15 is 0 Å². The van der Waals surface area contributed by atoms with E-state index in [1.54, 1.807) is 14.2 Å². The highest BCUT2D eigenvalue weighted by molar-refractivity contribution is 5.55. The standard InChI is InChI=1S/C16H18O2/c1-17-16(18-2)12-10-15(11-13-16)9-8-14-6-4-3-5-7-14/h3-12H,13H2,1-2H3/b9-8+. The smallest absolute Gasteiger partial charge is 0.190 e. The molecule has 0 radical (unpaired) electrons. The maximum atomic E-state index is 5.36. The van der Waals surface area contributed by atoms with E-state index in [4.69, 9.17) is 9.47 Å². The zero-order valence-corrected chi connectivity index (χ0v) is 10.8. The minimum Gasteiger partial charge on any atom is -0.349 e. The van der Waals surface area contributed by atoms with Crippen molar-refractivity contribution in [3.05, 3.63) is 65.8 Å². The van der Waals surface area contributed by atoms with Crippen LogP contribution in [0.4, 0.5) is 0 Å². The Morgan fingerprint density at radius 2 is 1.78 bits per heavy atom. The first-order valence-corrected chi connectivity index (χ1v) is 6.01. The summed E-state index contributed by atoms with van der Waals surface area (Å²) in [5, 5.41) is 0. The van der Waals surface area contributed by atoms with Crippen LogP contribution in [0.3, 0.4) is 0 Å². The van der Waals surface area contributed by atoms with Crippen LogP contribution in [-0.2, 0) is 9.47 Å². The van der Waals surface area contributed by atoms with Crippen molar-refractivity contribution in [2.75, 3.05) is 14.2 Å². The fraction of sp³-hybridized carbons (Fsp3) is 0.250. The summed E-state index contributed by atoms with van der Waals surface area (Å²) in [4.78, 5) is 0. The summed E-state index contributed by atoms with van der Waals surface area (Å²) in [6.07, 6.45) is 11.0. The van der Waals surface area contributed by atoms with Gasteiger partial charge < -0.3 is 9.47 Å². The Labute approximate surface area is 108 Å². The van der Waals surface area contributed by atoms with Gasteiger partial charge in [-0.15, -0.1) is 0 Å². The van der Waals surface area contributed by atoms with Crippen molar-refractivity contribution >= 4 is 6.08 Å². The van der Waals surface area contributed by atoms with Crippen molar-refractivity contribution in [3.8, 4) is 0 Å². The normalized spacial score (nSPS) is 18.0. The first-order valence-electron chi connectivity index (χ1n) is 6.01. The molecule has 0 N–H and O–H groups in total. The first-order chi connectivity index (χ1) is 8.78. The van der Waals surface area contributed by atoms with Crippen LogP contribution in [0.1, 0.15) is 12.0 Å². The third-order valence-corrected chi connectivity index (χ3v) is 3.11. The van der Waals surface area contributed by atoms with Gasteiger partial charge in [-0.05, 0) is 17.2 Å². The van der Waals surface area contributed by atoms with Gasteiger partial charge in [0.25, 0.3) is 0 Å². The fourth-order valence-electron chi connectivity index (χ4n) is 1.89. The maximum absolute atomic E-state index is 5.36. The van der Waals surface area contributed by atoms with Gasteiger partial charge in [-0.25, -0.2) is 0 Å². The number of hydrogen-bond donors (Lipinski definition) is 0. The predicted octanol–water partition coefficient (Wildman–Crippen LogP) is 3.58. The highest BCUT2D eigenvalue weighted by Gasteiger charge is 2.26. The number of ether oxygens (including phenoxy) is 2. The highest BCUT2D eigenvalue weighted by Crippen LogP contribution is 2.25. The van der Waals surface area contributed by atoms with Gasteiger partial charge >= 0.3 is 0 Å². The molecule has 0 bridgehead atoms. The van der Waals surface area contributed by atoms with E-state index in [0.717, 1.165) is 6.42 Å². The minimum absolute atomic E-state index is 0.593. The van der Waals surface area contributed by atoms with Crippen LogP contribution >= 0.6 is 0 Å². The lowest BCUT2D eigenvalue weighted by Crippen LogP contribution is -2.31. The van der Waals surface area contributed by atoms with Gasteiger partial charge in [0.2, 0.25) is 0 Å². The summed E-state index contributed by atoms with van der Waals surface area (Å²) in [6, 6.07) is 10.2. The number of rotatable bonds is 4. The molecule has 2 nitrogen and oxygen atoms in total. The van der Waals surface area contributed by atoms with E-state index in [0.29, 0.717) is 0 Å². The zero-order chi connectivity index (χ0) is 12.8. The Bertz CT molecular complexity index is 465. The molecule has 0 fully saturated rings. The lowest BCUT2D eigenvalue weighted by atomic mass is 10.0. The molecule has 0 unspecified atom stereocenters. The van der Waals surface area contributed by atoms with Gasteiger partial charge in [-0.1, -0.05) is 54.6 Å². The van der Waals surface area contributed by atoms with Gasteiger partial charge in [0.05, 0.1) is 0 Å². The minimum atomic E-state index is -0.593. The molecule has 0 saturated carbocycles. The summed E-state index contributed by atoms with van der Waals surface area (Å²) in [6.45, 7) is 0. The molecule has 1 aliphatic carbocycles. The number of allylic oxidation sites excluding steroid dienone is 3. The predicted molar refractivity (Wildman–Crippen MR) is 74.1 cm³/mol. The van der Waals surface area contributed by atoms with Crippen LogP contribution in [0.25, 0.3) is 6.08 Å². The van der Waals surface area contributed by atoms with E-state index in [1.165, 1.54) is 11.1 Å².